The van der Waals surface area contributed by atoms with Gasteiger partial charge in [0.05, 0.1) is 0 Å². The molecule has 0 heterocycles. The number of carbonyl (C=O) groups is 1. The first-order valence-corrected chi connectivity index (χ1v) is 15.0. The van der Waals surface area contributed by atoms with Crippen LogP contribution >= 0.6 is 0 Å². The lowest BCUT2D eigenvalue weighted by Crippen LogP contribution is -2.32. The minimum atomic E-state index is 0.424. The van der Waals surface area contributed by atoms with Gasteiger partial charge in [0.1, 0.15) is 0 Å². The molecular weight excluding hydrogens is 390 g/mol. The van der Waals surface area contributed by atoms with E-state index in [1.54, 1.807) is 0 Å². The van der Waals surface area contributed by atoms with Crippen LogP contribution in [0, 0.1) is 0 Å². The van der Waals surface area contributed by atoms with Crippen LogP contribution in [0.5, 0.6) is 0 Å². The number of amides is 1. The lowest BCUT2D eigenvalue weighted by atomic mass is 10.0. The van der Waals surface area contributed by atoms with Crippen LogP contribution in [0.2, 0.25) is 0 Å². The van der Waals surface area contributed by atoms with Gasteiger partial charge >= 0.3 is 0 Å². The summed E-state index contributed by atoms with van der Waals surface area (Å²) < 4.78 is 0. The highest BCUT2D eigenvalue weighted by molar-refractivity contribution is 5.76. The number of hydrogen-bond acceptors (Lipinski definition) is 1. The van der Waals surface area contributed by atoms with Crippen LogP contribution in [0.4, 0.5) is 0 Å². The van der Waals surface area contributed by atoms with Crippen molar-refractivity contribution in [2.75, 3.05) is 13.1 Å². The van der Waals surface area contributed by atoms with Crippen molar-refractivity contribution < 1.29 is 4.79 Å². The topological polar surface area (TPSA) is 20.3 Å². The van der Waals surface area contributed by atoms with Gasteiger partial charge in [-0.25, -0.2) is 0 Å². The Morgan fingerprint density at radius 2 is 0.688 bits per heavy atom. The SMILES string of the molecule is CCCCCCCCCCCCCCCCCC(=O)N(CCCCCC)CCCCCC. The summed E-state index contributed by atoms with van der Waals surface area (Å²) in [6.45, 7) is 8.78. The molecule has 0 fully saturated rings. The first-order valence-electron chi connectivity index (χ1n) is 15.0. The molecule has 0 bridgehead atoms. The lowest BCUT2D eigenvalue weighted by Gasteiger charge is -2.23. The van der Waals surface area contributed by atoms with Crippen molar-refractivity contribution in [1.82, 2.24) is 4.90 Å². The van der Waals surface area contributed by atoms with Gasteiger partial charge in [0, 0.05) is 19.5 Å². The minimum absolute atomic E-state index is 0.424. The standard InChI is InChI=1S/C30H61NO/c1-4-7-10-13-14-15-16-17-18-19-20-21-22-23-24-27-30(32)31(28-25-11-8-5-2)29-26-12-9-6-3/h4-29H2,1-3H3. The van der Waals surface area contributed by atoms with E-state index in [0.717, 1.165) is 25.9 Å². The second-order valence-corrected chi connectivity index (χ2v) is 10.2. The lowest BCUT2D eigenvalue weighted by molar-refractivity contribution is -0.131. The maximum Gasteiger partial charge on any atom is 0.222 e. The van der Waals surface area contributed by atoms with Gasteiger partial charge in [-0.3, -0.25) is 4.79 Å². The second-order valence-electron chi connectivity index (χ2n) is 10.2. The van der Waals surface area contributed by atoms with Gasteiger partial charge in [-0.05, 0) is 19.3 Å². The van der Waals surface area contributed by atoms with Gasteiger partial charge < -0.3 is 4.90 Å². The number of unbranched alkanes of at least 4 members (excludes halogenated alkanes) is 20. The monoisotopic (exact) mass is 451 g/mol. The molecule has 0 aromatic carbocycles. The molecule has 0 spiro atoms. The summed E-state index contributed by atoms with van der Waals surface area (Å²) in [6, 6.07) is 0. The molecule has 0 rings (SSSR count). The highest BCUT2D eigenvalue weighted by Crippen LogP contribution is 2.14. The third-order valence-corrected chi connectivity index (χ3v) is 6.91. The smallest absolute Gasteiger partial charge is 0.222 e. The van der Waals surface area contributed by atoms with Gasteiger partial charge in [-0.1, -0.05) is 149 Å². The van der Waals surface area contributed by atoms with Crippen LogP contribution in [-0.2, 0) is 4.79 Å². The summed E-state index contributed by atoms with van der Waals surface area (Å²) in [6.07, 6.45) is 31.5. The first kappa shape index (κ1) is 31.5. The molecular formula is C30H61NO. The predicted octanol–water partition coefficient (Wildman–Crippen LogP) is 10.2. The zero-order chi connectivity index (χ0) is 23.5. The van der Waals surface area contributed by atoms with Crippen molar-refractivity contribution in [2.45, 2.75) is 175 Å². The maximum absolute atomic E-state index is 12.7. The number of nitrogens with zero attached hydrogens (tertiary/aromatic N) is 1. The van der Waals surface area contributed by atoms with Gasteiger partial charge in [0.15, 0.2) is 0 Å². The Labute approximate surface area is 203 Å². The fraction of sp³-hybridized carbons (Fsp3) is 0.967. The molecule has 0 radical (unpaired) electrons. The summed E-state index contributed by atoms with van der Waals surface area (Å²) in [5, 5.41) is 0. The van der Waals surface area contributed by atoms with Crippen molar-refractivity contribution in [1.29, 1.82) is 0 Å². The van der Waals surface area contributed by atoms with Crippen molar-refractivity contribution in [3.63, 3.8) is 0 Å². The molecule has 2 nitrogen and oxygen atoms in total. The molecule has 192 valence electrons. The summed E-state index contributed by atoms with van der Waals surface area (Å²) in [5.41, 5.74) is 0. The number of carbonyl (C=O) groups excluding carboxylic acids is 1. The zero-order valence-electron chi connectivity index (χ0n) is 22.7. The van der Waals surface area contributed by atoms with E-state index in [1.165, 1.54) is 141 Å². The molecule has 0 aromatic rings. The van der Waals surface area contributed by atoms with E-state index in [4.69, 9.17) is 0 Å². The quantitative estimate of drug-likeness (QED) is 0.120. The van der Waals surface area contributed by atoms with Crippen molar-refractivity contribution in [2.24, 2.45) is 0 Å². The summed E-state index contributed by atoms with van der Waals surface area (Å²) in [5.74, 6) is 0.424. The molecule has 2 heteroatoms. The fourth-order valence-corrected chi connectivity index (χ4v) is 4.63. The van der Waals surface area contributed by atoms with Crippen LogP contribution < -0.4 is 0 Å². The Hall–Kier alpha value is -0.530. The largest absolute Gasteiger partial charge is 0.343 e. The Morgan fingerprint density at radius 3 is 1.03 bits per heavy atom. The normalized spacial score (nSPS) is 11.2. The molecule has 0 N–H and O–H groups in total. The molecule has 32 heavy (non-hydrogen) atoms. The summed E-state index contributed by atoms with van der Waals surface area (Å²) >= 11 is 0. The van der Waals surface area contributed by atoms with Crippen LogP contribution in [0.1, 0.15) is 175 Å². The van der Waals surface area contributed by atoms with Gasteiger partial charge in [0.25, 0.3) is 0 Å². The van der Waals surface area contributed by atoms with Crippen LogP contribution in [0.3, 0.4) is 0 Å². The summed E-state index contributed by atoms with van der Waals surface area (Å²) in [7, 11) is 0. The molecule has 1 amide bonds. The highest BCUT2D eigenvalue weighted by Gasteiger charge is 2.12. The van der Waals surface area contributed by atoms with Crippen LogP contribution in [0.15, 0.2) is 0 Å². The Kier molecular flexibility index (Phi) is 26.3. The molecule has 0 aromatic heterocycles. The van der Waals surface area contributed by atoms with Gasteiger partial charge in [-0.2, -0.15) is 0 Å². The summed E-state index contributed by atoms with van der Waals surface area (Å²) in [4.78, 5) is 14.9. The molecule has 0 saturated heterocycles. The zero-order valence-corrected chi connectivity index (χ0v) is 22.7. The predicted molar refractivity (Wildman–Crippen MR) is 144 cm³/mol. The molecule has 0 aliphatic carbocycles. The second kappa shape index (κ2) is 26.7. The molecule has 0 unspecified atom stereocenters. The van der Waals surface area contributed by atoms with E-state index in [0.29, 0.717) is 5.91 Å². The first-order chi connectivity index (χ1) is 15.8. The van der Waals surface area contributed by atoms with E-state index in [9.17, 15) is 4.79 Å². The fourth-order valence-electron chi connectivity index (χ4n) is 4.63. The van der Waals surface area contributed by atoms with E-state index < -0.39 is 0 Å². The average Bonchev–Trinajstić information content (AvgIpc) is 2.80. The Balaban J connectivity index is 3.63. The number of hydrogen-bond donors (Lipinski definition) is 0. The van der Waals surface area contributed by atoms with E-state index in [-0.39, 0.29) is 0 Å². The van der Waals surface area contributed by atoms with E-state index >= 15 is 0 Å². The molecule has 0 atom stereocenters. The average molecular weight is 452 g/mol. The van der Waals surface area contributed by atoms with Crippen LogP contribution in [0.25, 0.3) is 0 Å². The molecule has 0 saturated carbocycles. The van der Waals surface area contributed by atoms with Gasteiger partial charge in [0.2, 0.25) is 5.91 Å². The maximum atomic E-state index is 12.7. The van der Waals surface area contributed by atoms with Crippen LogP contribution in [-0.4, -0.2) is 23.9 Å². The minimum Gasteiger partial charge on any atom is -0.343 e. The molecule has 0 aliphatic heterocycles. The highest BCUT2D eigenvalue weighted by atomic mass is 16.2. The molecule has 0 aliphatic rings. The number of rotatable bonds is 26. The van der Waals surface area contributed by atoms with E-state index in [2.05, 4.69) is 25.7 Å². The Morgan fingerprint density at radius 1 is 0.406 bits per heavy atom. The third-order valence-electron chi connectivity index (χ3n) is 6.91. The van der Waals surface area contributed by atoms with Gasteiger partial charge in [-0.15, -0.1) is 0 Å². The van der Waals surface area contributed by atoms with Crippen molar-refractivity contribution in [3.05, 3.63) is 0 Å². The third kappa shape index (κ3) is 22.7. The van der Waals surface area contributed by atoms with Crippen molar-refractivity contribution in [3.8, 4) is 0 Å². The Bertz CT molecular complexity index is 356. The van der Waals surface area contributed by atoms with E-state index in [1.807, 2.05) is 0 Å². The van der Waals surface area contributed by atoms with Crippen molar-refractivity contribution >= 4 is 5.91 Å².